The van der Waals surface area contributed by atoms with Gasteiger partial charge in [0.2, 0.25) is 5.91 Å². The largest absolute Gasteiger partial charge is 0.356 e. The zero-order chi connectivity index (χ0) is 11.8. The quantitative estimate of drug-likeness (QED) is 0.583. The van der Waals surface area contributed by atoms with Gasteiger partial charge in [0.05, 0.1) is 6.20 Å². The highest BCUT2D eigenvalue weighted by atomic mass is 35.5. The van der Waals surface area contributed by atoms with Gasteiger partial charge in [0.15, 0.2) is 0 Å². The molecule has 0 aromatic carbocycles. The summed E-state index contributed by atoms with van der Waals surface area (Å²) in [5, 5.41) is 6.94. The number of aromatic nitrogens is 2. The van der Waals surface area contributed by atoms with Gasteiger partial charge >= 0.3 is 0 Å². The fourth-order valence-corrected chi connectivity index (χ4v) is 1.60. The number of carbonyl (C=O) groups excluding carboxylic acids is 1. The summed E-state index contributed by atoms with van der Waals surface area (Å²) >= 11 is 5.53. The van der Waals surface area contributed by atoms with Crippen LogP contribution in [0.2, 0.25) is 0 Å². The molecule has 0 fully saturated rings. The van der Waals surface area contributed by atoms with Crippen molar-refractivity contribution in [1.29, 1.82) is 0 Å². The van der Waals surface area contributed by atoms with Crippen LogP contribution in [0, 0.1) is 0 Å². The smallest absolute Gasteiger partial charge is 0.220 e. The monoisotopic (exact) mass is 243 g/mol. The molecule has 1 N–H and O–H groups in total. The lowest BCUT2D eigenvalue weighted by molar-refractivity contribution is -0.121. The van der Waals surface area contributed by atoms with Crippen molar-refractivity contribution < 1.29 is 4.79 Å². The van der Waals surface area contributed by atoms with Gasteiger partial charge in [0, 0.05) is 32.1 Å². The number of halogens is 1. The van der Waals surface area contributed by atoms with Gasteiger partial charge in [0.1, 0.15) is 0 Å². The molecule has 0 bridgehead atoms. The first-order chi connectivity index (χ1) is 7.72. The Bertz CT molecular complexity index is 325. The van der Waals surface area contributed by atoms with Crippen molar-refractivity contribution in [2.45, 2.75) is 25.7 Å². The molecule has 0 aliphatic rings. The van der Waals surface area contributed by atoms with Gasteiger partial charge in [-0.2, -0.15) is 5.10 Å². The standard InChI is InChI=1S/C11H18ClN3O/c1-15-9-10(8-14-15)5-7-13-11(16)4-2-3-6-12/h8-9H,2-7H2,1H3,(H,13,16). The zero-order valence-electron chi connectivity index (χ0n) is 9.58. The molecular weight excluding hydrogens is 226 g/mol. The molecule has 1 amide bonds. The predicted molar refractivity (Wildman–Crippen MR) is 64.5 cm³/mol. The van der Waals surface area contributed by atoms with Crippen LogP contribution in [-0.4, -0.2) is 28.1 Å². The zero-order valence-corrected chi connectivity index (χ0v) is 10.3. The summed E-state index contributed by atoms with van der Waals surface area (Å²) in [4.78, 5) is 11.3. The van der Waals surface area contributed by atoms with Gasteiger partial charge < -0.3 is 5.32 Å². The van der Waals surface area contributed by atoms with Crippen molar-refractivity contribution in [1.82, 2.24) is 15.1 Å². The van der Waals surface area contributed by atoms with Crippen molar-refractivity contribution in [2.24, 2.45) is 7.05 Å². The fourth-order valence-electron chi connectivity index (χ4n) is 1.42. The molecule has 0 saturated heterocycles. The minimum atomic E-state index is 0.106. The molecule has 1 heterocycles. The van der Waals surface area contributed by atoms with E-state index in [9.17, 15) is 4.79 Å². The van der Waals surface area contributed by atoms with Crippen LogP contribution in [0.5, 0.6) is 0 Å². The molecule has 0 aliphatic heterocycles. The lowest BCUT2D eigenvalue weighted by atomic mass is 10.2. The number of rotatable bonds is 7. The van der Waals surface area contributed by atoms with Crippen LogP contribution in [0.3, 0.4) is 0 Å². The van der Waals surface area contributed by atoms with E-state index in [-0.39, 0.29) is 5.91 Å². The number of unbranched alkanes of at least 4 members (excludes halogenated alkanes) is 1. The first kappa shape index (κ1) is 13.0. The average Bonchev–Trinajstić information content (AvgIpc) is 2.65. The third-order valence-corrected chi connectivity index (χ3v) is 2.55. The van der Waals surface area contributed by atoms with Crippen LogP contribution in [0.4, 0.5) is 0 Å². The van der Waals surface area contributed by atoms with Crippen LogP contribution in [0.1, 0.15) is 24.8 Å². The third kappa shape index (κ3) is 5.16. The second-order valence-corrected chi connectivity index (χ2v) is 4.15. The van der Waals surface area contributed by atoms with E-state index in [1.165, 1.54) is 0 Å². The number of hydrogen-bond acceptors (Lipinski definition) is 2. The SMILES string of the molecule is Cn1cc(CCNC(=O)CCCCCl)cn1. The second-order valence-electron chi connectivity index (χ2n) is 3.77. The van der Waals surface area contributed by atoms with Gasteiger partial charge in [-0.25, -0.2) is 0 Å². The van der Waals surface area contributed by atoms with E-state index in [2.05, 4.69) is 10.4 Å². The van der Waals surface area contributed by atoms with Gasteiger partial charge in [-0.05, 0) is 24.8 Å². The Morgan fingerprint density at radius 3 is 3.00 bits per heavy atom. The maximum atomic E-state index is 11.3. The topological polar surface area (TPSA) is 46.9 Å². The molecule has 0 saturated carbocycles. The van der Waals surface area contributed by atoms with Gasteiger partial charge in [-0.3, -0.25) is 9.48 Å². The Morgan fingerprint density at radius 2 is 2.38 bits per heavy atom. The molecule has 16 heavy (non-hydrogen) atoms. The molecule has 1 aromatic heterocycles. The van der Waals surface area contributed by atoms with Crippen LogP contribution >= 0.6 is 11.6 Å². The van der Waals surface area contributed by atoms with E-state index < -0.39 is 0 Å². The summed E-state index contributed by atoms with van der Waals surface area (Å²) in [6.07, 6.45) is 6.94. The summed E-state index contributed by atoms with van der Waals surface area (Å²) < 4.78 is 1.76. The maximum Gasteiger partial charge on any atom is 0.220 e. The van der Waals surface area contributed by atoms with Crippen LogP contribution in [0.15, 0.2) is 12.4 Å². The normalized spacial score (nSPS) is 10.4. The Balaban J connectivity index is 2.08. The summed E-state index contributed by atoms with van der Waals surface area (Å²) in [5.74, 6) is 0.734. The number of nitrogens with zero attached hydrogens (tertiary/aromatic N) is 2. The number of alkyl halides is 1. The Labute approximate surface area is 101 Å². The minimum absolute atomic E-state index is 0.106. The number of aryl methyl sites for hydroxylation is 1. The van der Waals surface area contributed by atoms with Gasteiger partial charge in [-0.15, -0.1) is 11.6 Å². The van der Waals surface area contributed by atoms with Crippen molar-refractivity contribution in [3.63, 3.8) is 0 Å². The Hall–Kier alpha value is -1.03. The molecule has 1 rings (SSSR count). The Kier molecular flexibility index (Phi) is 5.93. The molecular formula is C11H18ClN3O. The van der Waals surface area contributed by atoms with E-state index in [0.717, 1.165) is 24.8 Å². The van der Waals surface area contributed by atoms with Crippen LogP contribution in [-0.2, 0) is 18.3 Å². The molecule has 0 spiro atoms. The van der Waals surface area contributed by atoms with Crippen molar-refractivity contribution in [2.75, 3.05) is 12.4 Å². The van der Waals surface area contributed by atoms with Crippen molar-refractivity contribution in [3.05, 3.63) is 18.0 Å². The van der Waals surface area contributed by atoms with E-state index in [0.29, 0.717) is 18.8 Å². The highest BCUT2D eigenvalue weighted by Crippen LogP contribution is 1.98. The number of carbonyl (C=O) groups is 1. The summed E-state index contributed by atoms with van der Waals surface area (Å²) in [5.41, 5.74) is 1.14. The van der Waals surface area contributed by atoms with E-state index in [1.54, 1.807) is 4.68 Å². The predicted octanol–water partition coefficient (Wildman–Crippen LogP) is 1.49. The maximum absolute atomic E-state index is 11.3. The highest BCUT2D eigenvalue weighted by Gasteiger charge is 2.01. The molecule has 0 aliphatic carbocycles. The van der Waals surface area contributed by atoms with Gasteiger partial charge in [0.25, 0.3) is 0 Å². The van der Waals surface area contributed by atoms with Crippen LogP contribution in [0.25, 0.3) is 0 Å². The lowest BCUT2D eigenvalue weighted by Crippen LogP contribution is -2.25. The number of nitrogens with one attached hydrogen (secondary N) is 1. The average molecular weight is 244 g/mol. The van der Waals surface area contributed by atoms with Crippen molar-refractivity contribution in [3.8, 4) is 0 Å². The molecule has 90 valence electrons. The molecule has 0 unspecified atom stereocenters. The lowest BCUT2D eigenvalue weighted by Gasteiger charge is -2.03. The molecule has 4 nitrogen and oxygen atoms in total. The van der Waals surface area contributed by atoms with Gasteiger partial charge in [-0.1, -0.05) is 0 Å². The van der Waals surface area contributed by atoms with E-state index >= 15 is 0 Å². The highest BCUT2D eigenvalue weighted by molar-refractivity contribution is 6.17. The first-order valence-corrected chi connectivity index (χ1v) is 6.06. The number of amides is 1. The molecule has 0 atom stereocenters. The number of hydrogen-bond donors (Lipinski definition) is 1. The van der Waals surface area contributed by atoms with Crippen molar-refractivity contribution >= 4 is 17.5 Å². The van der Waals surface area contributed by atoms with E-state index in [1.807, 2.05) is 19.4 Å². The van der Waals surface area contributed by atoms with Crippen LogP contribution < -0.4 is 5.32 Å². The molecule has 5 heteroatoms. The second kappa shape index (κ2) is 7.28. The Morgan fingerprint density at radius 1 is 1.56 bits per heavy atom. The molecule has 1 aromatic rings. The first-order valence-electron chi connectivity index (χ1n) is 5.52. The summed E-state index contributed by atoms with van der Waals surface area (Å²) in [7, 11) is 1.88. The third-order valence-electron chi connectivity index (χ3n) is 2.28. The summed E-state index contributed by atoms with van der Waals surface area (Å²) in [6.45, 7) is 0.672. The van der Waals surface area contributed by atoms with E-state index in [4.69, 9.17) is 11.6 Å². The minimum Gasteiger partial charge on any atom is -0.356 e. The summed E-state index contributed by atoms with van der Waals surface area (Å²) in [6, 6.07) is 0. The molecule has 0 radical (unpaired) electrons. The fraction of sp³-hybridized carbons (Fsp3) is 0.636.